The molecule has 0 aliphatic carbocycles. The summed E-state index contributed by atoms with van der Waals surface area (Å²) < 4.78 is 6.90. The first-order valence-electron chi connectivity index (χ1n) is 9.70. The van der Waals surface area contributed by atoms with Crippen LogP contribution in [0.2, 0.25) is 0 Å². The second-order valence-corrected chi connectivity index (χ2v) is 7.61. The van der Waals surface area contributed by atoms with E-state index in [9.17, 15) is 0 Å². The minimum atomic E-state index is -0.640. The summed E-state index contributed by atoms with van der Waals surface area (Å²) in [6.45, 7) is 4.23. The summed E-state index contributed by atoms with van der Waals surface area (Å²) in [5.41, 5.74) is 5.24. The van der Waals surface area contributed by atoms with Gasteiger partial charge in [0.05, 0.1) is 0 Å². The van der Waals surface area contributed by atoms with Crippen LogP contribution in [0.1, 0.15) is 27.8 Å². The third kappa shape index (κ3) is 2.63. The molecule has 0 fully saturated rings. The molecule has 0 spiro atoms. The molecule has 1 nitrogen and oxygen atoms in total. The Morgan fingerprint density at radius 2 is 1.25 bits per heavy atom. The van der Waals surface area contributed by atoms with E-state index in [0.717, 1.165) is 27.8 Å². The molecule has 4 aromatic carbocycles. The van der Waals surface area contributed by atoms with Crippen LogP contribution in [-0.2, 0) is 5.60 Å². The van der Waals surface area contributed by atoms with E-state index in [1.165, 1.54) is 16.5 Å². The third-order valence-corrected chi connectivity index (χ3v) is 5.63. The van der Waals surface area contributed by atoms with Crippen LogP contribution in [0, 0.1) is 13.8 Å². The maximum atomic E-state index is 6.90. The van der Waals surface area contributed by atoms with Crippen LogP contribution in [0.4, 0.5) is 0 Å². The maximum absolute atomic E-state index is 6.90. The van der Waals surface area contributed by atoms with E-state index in [0.29, 0.717) is 0 Å². The molecule has 0 atom stereocenters. The largest absolute Gasteiger partial charge is 0.472 e. The zero-order chi connectivity index (χ0) is 19.1. The molecule has 5 rings (SSSR count). The number of ether oxygens (including phenoxy) is 1. The van der Waals surface area contributed by atoms with Crippen molar-refractivity contribution in [3.63, 3.8) is 0 Å². The lowest BCUT2D eigenvalue weighted by molar-refractivity contribution is 0.163. The maximum Gasteiger partial charge on any atom is 0.178 e. The highest BCUT2D eigenvalue weighted by Crippen LogP contribution is 2.44. The first-order valence-corrected chi connectivity index (χ1v) is 9.70. The van der Waals surface area contributed by atoms with Crippen molar-refractivity contribution in [3.05, 3.63) is 119 Å². The topological polar surface area (TPSA) is 9.23 Å². The van der Waals surface area contributed by atoms with E-state index in [4.69, 9.17) is 4.74 Å². The second kappa shape index (κ2) is 6.38. The van der Waals surface area contributed by atoms with Crippen molar-refractivity contribution in [1.29, 1.82) is 0 Å². The lowest BCUT2D eigenvalue weighted by Gasteiger charge is -2.36. The van der Waals surface area contributed by atoms with Gasteiger partial charge in [-0.1, -0.05) is 102 Å². The van der Waals surface area contributed by atoms with Gasteiger partial charge in [0.15, 0.2) is 5.60 Å². The highest BCUT2D eigenvalue weighted by Gasteiger charge is 2.37. The van der Waals surface area contributed by atoms with E-state index in [-0.39, 0.29) is 0 Å². The average molecular weight is 362 g/mol. The van der Waals surface area contributed by atoms with Crippen molar-refractivity contribution in [2.45, 2.75) is 19.4 Å². The highest BCUT2D eigenvalue weighted by molar-refractivity contribution is 5.92. The van der Waals surface area contributed by atoms with Crippen molar-refractivity contribution in [2.24, 2.45) is 0 Å². The van der Waals surface area contributed by atoms with Gasteiger partial charge in [-0.25, -0.2) is 0 Å². The number of hydrogen-bond donors (Lipinski definition) is 0. The zero-order valence-corrected chi connectivity index (χ0v) is 16.1. The first-order chi connectivity index (χ1) is 13.7. The van der Waals surface area contributed by atoms with Crippen LogP contribution in [0.25, 0.3) is 16.8 Å². The number of hydrogen-bond acceptors (Lipinski definition) is 1. The van der Waals surface area contributed by atoms with Crippen molar-refractivity contribution in [2.75, 3.05) is 0 Å². The summed E-state index contributed by atoms with van der Waals surface area (Å²) in [6, 6.07) is 30.0. The van der Waals surface area contributed by atoms with E-state index >= 15 is 0 Å². The van der Waals surface area contributed by atoms with Crippen LogP contribution < -0.4 is 4.74 Å². The molecule has 0 bridgehead atoms. The lowest BCUT2D eigenvalue weighted by Crippen LogP contribution is -2.34. The number of fused-ring (bicyclic) bond motifs is 3. The average Bonchev–Trinajstić information content (AvgIpc) is 2.74. The molecule has 1 heterocycles. The molecule has 0 amide bonds. The second-order valence-electron chi connectivity index (χ2n) is 7.61. The molecule has 136 valence electrons. The molecular formula is C27H22O. The molecule has 0 aromatic heterocycles. The Bertz CT molecular complexity index is 1140. The molecule has 0 unspecified atom stereocenters. The summed E-state index contributed by atoms with van der Waals surface area (Å²) in [5.74, 6) is 0.946. The van der Waals surface area contributed by atoms with Gasteiger partial charge < -0.3 is 4.74 Å². The fourth-order valence-electron chi connectivity index (χ4n) is 3.99. The molecule has 1 heteroatoms. The van der Waals surface area contributed by atoms with Crippen molar-refractivity contribution >= 4 is 16.8 Å². The predicted octanol–water partition coefficient (Wildman–Crippen LogP) is 6.81. The Hall–Kier alpha value is -3.32. The van der Waals surface area contributed by atoms with E-state index in [2.05, 4.69) is 111 Å². The molecule has 0 saturated carbocycles. The van der Waals surface area contributed by atoms with Gasteiger partial charge in [0, 0.05) is 22.1 Å². The van der Waals surface area contributed by atoms with Crippen LogP contribution in [-0.4, -0.2) is 0 Å². The summed E-state index contributed by atoms with van der Waals surface area (Å²) in [6.07, 6.45) is 4.39. The monoisotopic (exact) mass is 362 g/mol. The molecule has 28 heavy (non-hydrogen) atoms. The summed E-state index contributed by atoms with van der Waals surface area (Å²) in [4.78, 5) is 0. The van der Waals surface area contributed by atoms with E-state index in [1.807, 2.05) is 0 Å². The van der Waals surface area contributed by atoms with Crippen molar-refractivity contribution < 1.29 is 4.74 Å². The normalized spacial score (nSPS) is 14.5. The fraction of sp³-hybridized carbons (Fsp3) is 0.111. The predicted molar refractivity (Wildman–Crippen MR) is 117 cm³/mol. The smallest absolute Gasteiger partial charge is 0.178 e. The van der Waals surface area contributed by atoms with Crippen LogP contribution in [0.5, 0.6) is 5.75 Å². The Morgan fingerprint density at radius 3 is 1.89 bits per heavy atom. The third-order valence-electron chi connectivity index (χ3n) is 5.63. The minimum absolute atomic E-state index is 0.640. The van der Waals surface area contributed by atoms with Gasteiger partial charge in [-0.2, -0.15) is 0 Å². The molecule has 0 saturated heterocycles. The van der Waals surface area contributed by atoms with Crippen LogP contribution in [0.15, 0.2) is 91.0 Å². The van der Waals surface area contributed by atoms with Crippen LogP contribution >= 0.6 is 0 Å². The first kappa shape index (κ1) is 16.8. The quantitative estimate of drug-likeness (QED) is 0.381. The zero-order valence-electron chi connectivity index (χ0n) is 16.1. The molecular weight excluding hydrogens is 340 g/mol. The van der Waals surface area contributed by atoms with E-state index in [1.54, 1.807) is 0 Å². The standard InChI is InChI=1S/C27H22O/c1-19-7-13-23(14-8-19)27(24-15-9-20(2)10-16-24)18-17-22-12-11-21-5-3-4-6-25(21)26(22)28-27/h3-18H,1-2H3. The lowest BCUT2D eigenvalue weighted by atomic mass is 9.82. The summed E-state index contributed by atoms with van der Waals surface area (Å²) in [7, 11) is 0. The molecule has 4 aromatic rings. The summed E-state index contributed by atoms with van der Waals surface area (Å²) in [5, 5.41) is 2.34. The van der Waals surface area contributed by atoms with Gasteiger partial charge >= 0.3 is 0 Å². The van der Waals surface area contributed by atoms with Gasteiger partial charge in [0.2, 0.25) is 0 Å². The van der Waals surface area contributed by atoms with Gasteiger partial charge in [-0.05, 0) is 25.3 Å². The summed E-state index contributed by atoms with van der Waals surface area (Å²) >= 11 is 0. The molecule has 1 aliphatic rings. The van der Waals surface area contributed by atoms with Gasteiger partial charge in [0.25, 0.3) is 0 Å². The van der Waals surface area contributed by atoms with Crippen LogP contribution in [0.3, 0.4) is 0 Å². The number of benzene rings is 4. The molecule has 1 aliphatic heterocycles. The number of aryl methyl sites for hydroxylation is 2. The van der Waals surface area contributed by atoms with Crippen molar-refractivity contribution in [3.8, 4) is 5.75 Å². The minimum Gasteiger partial charge on any atom is -0.472 e. The van der Waals surface area contributed by atoms with E-state index < -0.39 is 5.60 Å². The Kier molecular flexibility index (Phi) is 3.84. The fourth-order valence-corrected chi connectivity index (χ4v) is 3.99. The highest BCUT2D eigenvalue weighted by atomic mass is 16.5. The SMILES string of the molecule is Cc1ccc(C2(c3ccc(C)cc3)C=Cc3ccc4ccccc4c3O2)cc1. The number of rotatable bonds is 2. The Labute approximate surface area is 165 Å². The Balaban J connectivity index is 1.76. The van der Waals surface area contributed by atoms with Gasteiger partial charge in [0.1, 0.15) is 5.75 Å². The van der Waals surface area contributed by atoms with Crippen molar-refractivity contribution in [1.82, 2.24) is 0 Å². The Morgan fingerprint density at radius 1 is 0.643 bits per heavy atom. The van der Waals surface area contributed by atoms with Gasteiger partial charge in [-0.3, -0.25) is 0 Å². The van der Waals surface area contributed by atoms with Gasteiger partial charge in [-0.15, -0.1) is 0 Å². The molecule has 0 radical (unpaired) electrons. The molecule has 0 N–H and O–H groups in total.